The Morgan fingerprint density at radius 2 is 2.03 bits per heavy atom. The van der Waals surface area contributed by atoms with E-state index in [4.69, 9.17) is 9.15 Å². The van der Waals surface area contributed by atoms with Crippen molar-refractivity contribution in [2.24, 2.45) is 0 Å². The number of carbonyl (C=O) groups is 1. The average molecular weight is 486 g/mol. The highest BCUT2D eigenvalue weighted by Crippen LogP contribution is 2.28. The number of para-hydroxylation sites is 1. The van der Waals surface area contributed by atoms with Gasteiger partial charge in [0.1, 0.15) is 18.1 Å². The van der Waals surface area contributed by atoms with Crippen LogP contribution in [0.3, 0.4) is 0 Å². The van der Waals surface area contributed by atoms with Crippen LogP contribution < -0.4 is 10.1 Å². The van der Waals surface area contributed by atoms with Gasteiger partial charge in [-0.15, -0.1) is 0 Å². The number of aromatic nitrogens is 2. The van der Waals surface area contributed by atoms with Crippen LogP contribution in [-0.2, 0) is 19.3 Å². The van der Waals surface area contributed by atoms with Crippen LogP contribution in [0.2, 0.25) is 0 Å². The number of hydrogen-bond acceptors (Lipinski definition) is 4. The van der Waals surface area contributed by atoms with Crippen molar-refractivity contribution in [2.75, 3.05) is 6.54 Å². The first kappa shape index (κ1) is 21.9. The summed E-state index contributed by atoms with van der Waals surface area (Å²) in [5, 5.41) is 6.23. The number of halogens is 4. The monoisotopic (exact) mass is 485 g/mol. The maximum Gasteiger partial charge on any atom is 0.435 e. The maximum absolute atomic E-state index is 12.7. The molecule has 1 amide bonds. The Morgan fingerprint density at radius 3 is 2.73 bits per heavy atom. The number of carbonyl (C=O) groups excluding carboxylic acids is 1. The van der Waals surface area contributed by atoms with Crippen molar-refractivity contribution in [2.45, 2.75) is 32.7 Å². The molecule has 0 fully saturated rings. The first-order valence-electron chi connectivity index (χ1n) is 9.10. The minimum absolute atomic E-state index is 0.135. The summed E-state index contributed by atoms with van der Waals surface area (Å²) in [5.41, 5.74) is -0.508. The van der Waals surface area contributed by atoms with Crippen molar-refractivity contribution in [3.8, 4) is 5.75 Å². The highest BCUT2D eigenvalue weighted by Gasteiger charge is 2.34. The van der Waals surface area contributed by atoms with Crippen molar-refractivity contribution in [3.63, 3.8) is 0 Å². The van der Waals surface area contributed by atoms with E-state index in [9.17, 15) is 18.0 Å². The predicted molar refractivity (Wildman–Crippen MR) is 106 cm³/mol. The third-order valence-electron chi connectivity index (χ3n) is 4.20. The Hall–Kier alpha value is -2.75. The molecule has 6 nitrogen and oxygen atoms in total. The van der Waals surface area contributed by atoms with Crippen molar-refractivity contribution < 1.29 is 27.1 Å². The van der Waals surface area contributed by atoms with E-state index in [0.29, 0.717) is 23.6 Å². The number of rotatable bonds is 8. The van der Waals surface area contributed by atoms with Gasteiger partial charge in [0.25, 0.3) is 5.91 Å². The zero-order valence-electron chi connectivity index (χ0n) is 16.0. The molecule has 0 atom stereocenters. The molecule has 0 saturated heterocycles. The van der Waals surface area contributed by atoms with Gasteiger partial charge >= 0.3 is 6.18 Å². The number of amides is 1. The normalized spacial score (nSPS) is 11.5. The molecule has 0 aliphatic heterocycles. The van der Waals surface area contributed by atoms with Crippen molar-refractivity contribution in [1.29, 1.82) is 0 Å². The van der Waals surface area contributed by atoms with Gasteiger partial charge in [-0.05, 0) is 59.6 Å². The van der Waals surface area contributed by atoms with E-state index in [1.54, 1.807) is 25.1 Å². The van der Waals surface area contributed by atoms with Crippen LogP contribution in [0, 0.1) is 6.92 Å². The summed E-state index contributed by atoms with van der Waals surface area (Å²) in [6.45, 7) is 2.24. The van der Waals surface area contributed by atoms with Crippen LogP contribution in [0.15, 0.2) is 51.4 Å². The molecule has 0 saturated carbocycles. The second kappa shape index (κ2) is 9.38. The fourth-order valence-electron chi connectivity index (χ4n) is 2.68. The number of hydrogen-bond donors (Lipinski definition) is 1. The van der Waals surface area contributed by atoms with E-state index < -0.39 is 17.8 Å². The van der Waals surface area contributed by atoms with Crippen molar-refractivity contribution >= 4 is 21.8 Å². The number of nitrogens with one attached hydrogen (secondary N) is 1. The summed E-state index contributed by atoms with van der Waals surface area (Å²) in [7, 11) is 0. The lowest BCUT2D eigenvalue weighted by Crippen LogP contribution is -2.25. The first-order valence-corrected chi connectivity index (χ1v) is 9.89. The lowest BCUT2D eigenvalue weighted by atomic mass is 10.3. The number of alkyl halides is 3. The van der Waals surface area contributed by atoms with Crippen molar-refractivity contribution in [1.82, 2.24) is 15.1 Å². The second-order valence-corrected chi connectivity index (χ2v) is 7.34. The molecule has 160 valence electrons. The minimum atomic E-state index is -4.47. The standard InChI is InChI=1S/C20H19BrF3N3O3/c1-13-11-18(20(22,23)24)26-27(13)10-4-9-25-19(28)17-8-7-14(30-17)12-29-16-6-3-2-5-15(16)21/h2-3,5-8,11H,4,9-10,12H2,1H3,(H,25,28). The zero-order chi connectivity index (χ0) is 21.7. The molecule has 0 bridgehead atoms. The Balaban J connectivity index is 1.45. The van der Waals surface area contributed by atoms with Crippen molar-refractivity contribution in [3.05, 3.63) is 69.8 Å². The van der Waals surface area contributed by atoms with Crippen LogP contribution in [0.4, 0.5) is 13.2 Å². The van der Waals surface area contributed by atoms with Crippen LogP contribution in [0.1, 0.15) is 34.1 Å². The third kappa shape index (κ3) is 5.65. The number of aryl methyl sites for hydroxylation is 2. The molecule has 3 aromatic rings. The van der Waals surface area contributed by atoms with Gasteiger partial charge in [0.2, 0.25) is 0 Å². The lowest BCUT2D eigenvalue weighted by molar-refractivity contribution is -0.141. The summed E-state index contributed by atoms with van der Waals surface area (Å²) in [6.07, 6.45) is -4.05. The molecule has 2 heterocycles. The van der Waals surface area contributed by atoms with E-state index in [0.717, 1.165) is 10.5 Å². The van der Waals surface area contributed by atoms with Gasteiger partial charge in [-0.1, -0.05) is 12.1 Å². The summed E-state index contributed by atoms with van der Waals surface area (Å²) in [5.74, 6) is 0.871. The van der Waals surface area contributed by atoms with Gasteiger partial charge in [-0.2, -0.15) is 18.3 Å². The molecule has 10 heteroatoms. The summed E-state index contributed by atoms with van der Waals surface area (Å²) in [6, 6.07) is 11.6. The van der Waals surface area contributed by atoms with Gasteiger partial charge in [-0.25, -0.2) is 0 Å². The van der Waals surface area contributed by atoms with E-state index in [1.807, 2.05) is 18.2 Å². The first-order chi connectivity index (χ1) is 14.2. The van der Waals surface area contributed by atoms with Gasteiger partial charge in [0, 0.05) is 18.8 Å². The number of benzene rings is 1. The molecule has 3 rings (SSSR count). The molecule has 1 N–H and O–H groups in total. The second-order valence-electron chi connectivity index (χ2n) is 6.49. The molecule has 0 spiro atoms. The average Bonchev–Trinajstić information content (AvgIpc) is 3.31. The van der Waals surface area contributed by atoms with Gasteiger partial charge in [-0.3, -0.25) is 9.48 Å². The van der Waals surface area contributed by atoms with Gasteiger partial charge in [0.05, 0.1) is 4.47 Å². The zero-order valence-corrected chi connectivity index (χ0v) is 17.6. The molecule has 0 radical (unpaired) electrons. The molecular weight excluding hydrogens is 467 g/mol. The fraction of sp³-hybridized carbons (Fsp3) is 0.300. The fourth-order valence-corrected chi connectivity index (χ4v) is 3.08. The molecule has 30 heavy (non-hydrogen) atoms. The summed E-state index contributed by atoms with van der Waals surface area (Å²) < 4.78 is 51.3. The molecule has 2 aromatic heterocycles. The Kier molecular flexibility index (Phi) is 6.86. The predicted octanol–water partition coefficient (Wildman–Crippen LogP) is 4.96. The summed E-state index contributed by atoms with van der Waals surface area (Å²) in [4.78, 5) is 12.2. The van der Waals surface area contributed by atoms with Gasteiger partial charge < -0.3 is 14.5 Å². The van der Waals surface area contributed by atoms with Crippen LogP contribution in [0.25, 0.3) is 0 Å². The van der Waals surface area contributed by atoms with E-state index >= 15 is 0 Å². The number of ether oxygens (including phenoxy) is 1. The number of nitrogens with zero attached hydrogens (tertiary/aromatic N) is 2. The van der Waals surface area contributed by atoms with Crippen LogP contribution in [-0.4, -0.2) is 22.2 Å². The molecule has 0 unspecified atom stereocenters. The van der Waals surface area contributed by atoms with Crippen LogP contribution >= 0.6 is 15.9 Å². The Bertz CT molecular complexity index is 1010. The minimum Gasteiger partial charge on any atom is -0.484 e. The molecule has 0 aliphatic rings. The maximum atomic E-state index is 12.7. The largest absolute Gasteiger partial charge is 0.484 e. The topological polar surface area (TPSA) is 69.3 Å². The van der Waals surface area contributed by atoms with Crippen LogP contribution in [0.5, 0.6) is 5.75 Å². The van der Waals surface area contributed by atoms with Gasteiger partial charge in [0.15, 0.2) is 11.5 Å². The highest BCUT2D eigenvalue weighted by molar-refractivity contribution is 9.10. The summed E-state index contributed by atoms with van der Waals surface area (Å²) >= 11 is 3.38. The molecular formula is C20H19BrF3N3O3. The molecule has 1 aromatic carbocycles. The number of furan rings is 1. The van der Waals surface area contributed by atoms with E-state index in [2.05, 4.69) is 26.3 Å². The van der Waals surface area contributed by atoms with E-state index in [-0.39, 0.29) is 25.5 Å². The third-order valence-corrected chi connectivity index (χ3v) is 4.85. The Morgan fingerprint density at radius 1 is 1.27 bits per heavy atom. The van der Waals surface area contributed by atoms with E-state index in [1.165, 1.54) is 4.68 Å². The molecule has 0 aliphatic carbocycles. The smallest absolute Gasteiger partial charge is 0.435 e. The lowest BCUT2D eigenvalue weighted by Gasteiger charge is -2.07. The SMILES string of the molecule is Cc1cc(C(F)(F)F)nn1CCCNC(=O)c1ccc(COc2ccccc2Br)o1. The Labute approximate surface area is 179 Å². The highest BCUT2D eigenvalue weighted by atomic mass is 79.9. The quantitative estimate of drug-likeness (QED) is 0.457.